The van der Waals surface area contributed by atoms with Crippen LogP contribution in [0.2, 0.25) is 0 Å². The minimum Gasteiger partial charge on any atom is -0.463 e. The van der Waals surface area contributed by atoms with Gasteiger partial charge in [-0.25, -0.2) is 0 Å². The van der Waals surface area contributed by atoms with Gasteiger partial charge < -0.3 is 29.0 Å². The van der Waals surface area contributed by atoms with Crippen molar-refractivity contribution in [3.8, 4) is 0 Å². The summed E-state index contributed by atoms with van der Waals surface area (Å²) in [5, 5.41) is 2.97. The Kier molecular flexibility index (Phi) is 10.6. The number of benzene rings is 3. The molecule has 4 rings (SSSR count). The molecule has 1 saturated heterocycles. The number of amides is 1. The van der Waals surface area contributed by atoms with Gasteiger partial charge in [-0.2, -0.15) is 0 Å². The van der Waals surface area contributed by atoms with Crippen LogP contribution < -0.4 is 5.32 Å². The van der Waals surface area contributed by atoms with Crippen LogP contribution in [-0.4, -0.2) is 49.1 Å². The molecule has 8 heteroatoms. The maximum Gasteiger partial charge on any atom is 0.302 e. The lowest BCUT2D eigenvalue weighted by Gasteiger charge is -2.46. The molecule has 5 atom stereocenters. The SMILES string of the molecule is CC(=O)NC1C(OCc2ccccc2)[C@H](OCc2ccccc2)C(COC(C)=O)O[C@H]1OCc1ccccc1. The van der Waals surface area contributed by atoms with E-state index in [9.17, 15) is 9.59 Å². The first-order valence-corrected chi connectivity index (χ1v) is 13.0. The highest BCUT2D eigenvalue weighted by molar-refractivity contribution is 5.73. The van der Waals surface area contributed by atoms with Gasteiger partial charge in [0.25, 0.3) is 0 Å². The number of rotatable bonds is 12. The fourth-order valence-corrected chi connectivity index (χ4v) is 4.45. The quantitative estimate of drug-likeness (QED) is 0.350. The van der Waals surface area contributed by atoms with Crippen LogP contribution in [0.3, 0.4) is 0 Å². The van der Waals surface area contributed by atoms with Gasteiger partial charge in [0.15, 0.2) is 6.29 Å². The Bertz CT molecular complexity index is 1160. The Balaban J connectivity index is 1.63. The maximum atomic E-state index is 12.3. The molecule has 206 valence electrons. The van der Waals surface area contributed by atoms with Crippen molar-refractivity contribution in [1.29, 1.82) is 0 Å². The van der Waals surface area contributed by atoms with Crippen molar-refractivity contribution in [2.75, 3.05) is 6.61 Å². The van der Waals surface area contributed by atoms with Gasteiger partial charge in [0.1, 0.15) is 31.0 Å². The number of hydrogen-bond donors (Lipinski definition) is 1. The molecular formula is C31H35NO7. The average molecular weight is 534 g/mol. The molecular weight excluding hydrogens is 498 g/mol. The van der Waals surface area contributed by atoms with Crippen LogP contribution in [0.25, 0.3) is 0 Å². The molecule has 39 heavy (non-hydrogen) atoms. The van der Waals surface area contributed by atoms with E-state index in [1.807, 2.05) is 91.0 Å². The van der Waals surface area contributed by atoms with Crippen LogP contribution in [0.15, 0.2) is 91.0 Å². The Morgan fingerprint density at radius 2 is 1.15 bits per heavy atom. The molecule has 1 aliphatic rings. The van der Waals surface area contributed by atoms with Crippen LogP contribution in [0, 0.1) is 0 Å². The third-order valence-electron chi connectivity index (χ3n) is 6.29. The third kappa shape index (κ3) is 8.73. The summed E-state index contributed by atoms with van der Waals surface area (Å²) < 4.78 is 30.7. The average Bonchev–Trinajstić information content (AvgIpc) is 2.95. The lowest BCUT2D eigenvalue weighted by Crippen LogP contribution is -2.66. The summed E-state index contributed by atoms with van der Waals surface area (Å²) in [7, 11) is 0. The van der Waals surface area contributed by atoms with Gasteiger partial charge >= 0.3 is 5.97 Å². The first-order chi connectivity index (χ1) is 19.0. The molecule has 1 amide bonds. The Hall–Kier alpha value is -3.56. The minimum absolute atomic E-state index is 0.0576. The van der Waals surface area contributed by atoms with Crippen LogP contribution in [-0.2, 0) is 53.1 Å². The summed E-state index contributed by atoms with van der Waals surface area (Å²) in [6, 6.07) is 28.4. The lowest BCUT2D eigenvalue weighted by molar-refractivity contribution is -0.291. The fourth-order valence-electron chi connectivity index (χ4n) is 4.45. The number of esters is 1. The predicted molar refractivity (Wildman–Crippen MR) is 144 cm³/mol. The van der Waals surface area contributed by atoms with Crippen molar-refractivity contribution < 1.29 is 33.3 Å². The zero-order chi connectivity index (χ0) is 27.5. The van der Waals surface area contributed by atoms with Gasteiger partial charge in [-0.05, 0) is 16.7 Å². The van der Waals surface area contributed by atoms with Crippen LogP contribution in [0.4, 0.5) is 0 Å². The van der Waals surface area contributed by atoms with Crippen LogP contribution in [0.1, 0.15) is 30.5 Å². The molecule has 0 saturated carbocycles. The molecule has 1 heterocycles. The van der Waals surface area contributed by atoms with E-state index < -0.39 is 36.6 Å². The normalized spacial score (nSPS) is 22.7. The molecule has 0 aliphatic carbocycles. The summed E-state index contributed by atoms with van der Waals surface area (Å²) in [4.78, 5) is 24.1. The van der Waals surface area contributed by atoms with E-state index in [-0.39, 0.29) is 32.3 Å². The summed E-state index contributed by atoms with van der Waals surface area (Å²) in [6.07, 6.45) is -2.94. The zero-order valence-electron chi connectivity index (χ0n) is 22.2. The van der Waals surface area contributed by atoms with E-state index in [2.05, 4.69) is 5.32 Å². The maximum absolute atomic E-state index is 12.3. The molecule has 1 fully saturated rings. The Morgan fingerprint density at radius 1 is 0.692 bits per heavy atom. The molecule has 3 unspecified atom stereocenters. The number of carbonyl (C=O) groups excluding carboxylic acids is 2. The molecule has 0 aromatic heterocycles. The van der Waals surface area contributed by atoms with Crippen molar-refractivity contribution >= 4 is 11.9 Å². The third-order valence-corrected chi connectivity index (χ3v) is 6.29. The van der Waals surface area contributed by atoms with Crippen molar-refractivity contribution in [2.24, 2.45) is 0 Å². The van der Waals surface area contributed by atoms with Crippen molar-refractivity contribution in [3.63, 3.8) is 0 Å². The van der Waals surface area contributed by atoms with Gasteiger partial charge in [-0.1, -0.05) is 91.0 Å². The molecule has 1 N–H and O–H groups in total. The summed E-state index contributed by atoms with van der Waals surface area (Å²) in [5.41, 5.74) is 2.87. The van der Waals surface area contributed by atoms with Gasteiger partial charge in [-0.15, -0.1) is 0 Å². The zero-order valence-corrected chi connectivity index (χ0v) is 22.2. The lowest BCUT2D eigenvalue weighted by atomic mass is 9.95. The summed E-state index contributed by atoms with van der Waals surface area (Å²) in [5.74, 6) is -0.696. The monoisotopic (exact) mass is 533 g/mol. The fraction of sp³-hybridized carbons (Fsp3) is 0.355. The van der Waals surface area contributed by atoms with Crippen molar-refractivity contribution in [2.45, 2.75) is 64.3 Å². The first-order valence-electron chi connectivity index (χ1n) is 13.0. The molecule has 1 aliphatic heterocycles. The Labute approximate surface area is 229 Å². The molecule has 0 radical (unpaired) electrons. The largest absolute Gasteiger partial charge is 0.463 e. The predicted octanol–water partition coefficient (Wildman–Crippen LogP) is 4.17. The summed E-state index contributed by atoms with van der Waals surface area (Å²) in [6.45, 7) is 3.53. The highest BCUT2D eigenvalue weighted by Crippen LogP contribution is 2.29. The standard InChI is InChI=1S/C31H35NO7/c1-22(33)32-28-30(37-19-25-14-8-4-9-15-25)29(36-18-24-12-6-3-7-13-24)27(21-35-23(2)34)39-31(28)38-20-26-16-10-5-11-17-26/h3-17,27-31H,18-21H2,1-2H3,(H,32,33)/t27?,28?,29-,30?,31-/m1/s1. The molecule has 3 aromatic rings. The highest BCUT2D eigenvalue weighted by Gasteiger charge is 2.49. The first kappa shape index (κ1) is 28.4. The van der Waals surface area contributed by atoms with Crippen molar-refractivity contribution in [1.82, 2.24) is 5.32 Å². The van der Waals surface area contributed by atoms with Gasteiger partial charge in [0.05, 0.1) is 19.8 Å². The minimum atomic E-state index is -0.882. The van der Waals surface area contributed by atoms with Gasteiger partial charge in [0, 0.05) is 13.8 Å². The number of nitrogens with one attached hydrogen (secondary N) is 1. The smallest absolute Gasteiger partial charge is 0.302 e. The second-order valence-electron chi connectivity index (χ2n) is 9.39. The van der Waals surface area contributed by atoms with Gasteiger partial charge in [0.2, 0.25) is 5.91 Å². The molecule has 8 nitrogen and oxygen atoms in total. The van der Waals surface area contributed by atoms with E-state index in [1.165, 1.54) is 13.8 Å². The van der Waals surface area contributed by atoms with E-state index >= 15 is 0 Å². The van der Waals surface area contributed by atoms with Gasteiger partial charge in [-0.3, -0.25) is 9.59 Å². The Morgan fingerprint density at radius 3 is 1.62 bits per heavy atom. The van der Waals surface area contributed by atoms with Crippen LogP contribution in [0.5, 0.6) is 0 Å². The van der Waals surface area contributed by atoms with Crippen LogP contribution >= 0.6 is 0 Å². The van der Waals surface area contributed by atoms with E-state index in [0.29, 0.717) is 0 Å². The topological polar surface area (TPSA) is 92.3 Å². The number of carbonyl (C=O) groups is 2. The second-order valence-corrected chi connectivity index (χ2v) is 9.39. The molecule has 0 bridgehead atoms. The molecule has 3 aromatic carbocycles. The number of hydrogen-bond acceptors (Lipinski definition) is 7. The highest BCUT2D eigenvalue weighted by atomic mass is 16.7. The van der Waals surface area contributed by atoms with E-state index in [0.717, 1.165) is 16.7 Å². The van der Waals surface area contributed by atoms with E-state index in [4.69, 9.17) is 23.7 Å². The van der Waals surface area contributed by atoms with E-state index in [1.54, 1.807) is 0 Å². The second kappa shape index (κ2) is 14.6. The van der Waals surface area contributed by atoms with Crippen molar-refractivity contribution in [3.05, 3.63) is 108 Å². The molecule has 0 spiro atoms. The summed E-state index contributed by atoms with van der Waals surface area (Å²) >= 11 is 0. The number of ether oxygens (including phenoxy) is 5.